The summed E-state index contributed by atoms with van der Waals surface area (Å²) in [5.41, 5.74) is 1.18. The molecule has 0 saturated carbocycles. The van der Waals surface area contributed by atoms with Crippen molar-refractivity contribution in [2.75, 3.05) is 14.2 Å². The van der Waals surface area contributed by atoms with Crippen molar-refractivity contribution in [1.29, 1.82) is 0 Å². The number of hydrogen-bond donors (Lipinski definition) is 2. The Hall–Kier alpha value is -1.71. The maximum Gasteiger partial charge on any atom is 0.191 e. The molecule has 0 saturated heterocycles. The molecule has 1 atom stereocenters. The van der Waals surface area contributed by atoms with Crippen LogP contribution >= 0.6 is 0 Å². The molecule has 4 heteroatoms. The van der Waals surface area contributed by atoms with Gasteiger partial charge >= 0.3 is 0 Å². The average molecular weight is 291 g/mol. The van der Waals surface area contributed by atoms with E-state index >= 15 is 0 Å². The third-order valence-corrected chi connectivity index (χ3v) is 3.44. The van der Waals surface area contributed by atoms with E-state index in [1.165, 1.54) is 31.2 Å². The second-order valence-electron chi connectivity index (χ2n) is 5.32. The summed E-state index contributed by atoms with van der Waals surface area (Å²) in [5.74, 6) is 1.73. The lowest BCUT2D eigenvalue weighted by molar-refractivity contribution is 0.414. The smallest absolute Gasteiger partial charge is 0.191 e. The molecule has 0 aromatic heterocycles. The molecule has 0 radical (unpaired) electrons. The fourth-order valence-corrected chi connectivity index (χ4v) is 2.17. The number of ether oxygens (including phenoxy) is 1. The van der Waals surface area contributed by atoms with Crippen molar-refractivity contribution in [2.45, 2.75) is 52.1 Å². The van der Waals surface area contributed by atoms with E-state index in [0.717, 1.165) is 18.3 Å². The SMILES string of the molecule is CCCCCC(C)NC(=NC)NCc1cccc(OC)c1. The lowest BCUT2D eigenvalue weighted by Crippen LogP contribution is -2.41. The van der Waals surface area contributed by atoms with Crippen molar-refractivity contribution in [1.82, 2.24) is 10.6 Å². The third-order valence-electron chi connectivity index (χ3n) is 3.44. The average Bonchev–Trinajstić information content (AvgIpc) is 2.51. The molecule has 0 aliphatic carbocycles. The summed E-state index contributed by atoms with van der Waals surface area (Å²) in [5, 5.41) is 6.77. The lowest BCUT2D eigenvalue weighted by Gasteiger charge is -2.18. The van der Waals surface area contributed by atoms with Crippen LogP contribution in [0.25, 0.3) is 0 Å². The zero-order chi connectivity index (χ0) is 15.5. The monoisotopic (exact) mass is 291 g/mol. The Labute approximate surface area is 129 Å². The van der Waals surface area contributed by atoms with Crippen molar-refractivity contribution in [3.63, 3.8) is 0 Å². The number of rotatable bonds is 8. The first kappa shape index (κ1) is 17.3. The molecule has 0 aliphatic rings. The van der Waals surface area contributed by atoms with E-state index in [4.69, 9.17) is 4.74 Å². The summed E-state index contributed by atoms with van der Waals surface area (Å²) >= 11 is 0. The second-order valence-corrected chi connectivity index (χ2v) is 5.32. The number of nitrogens with zero attached hydrogens (tertiary/aromatic N) is 1. The van der Waals surface area contributed by atoms with Gasteiger partial charge in [-0.2, -0.15) is 0 Å². The Kier molecular flexibility index (Phi) is 8.32. The van der Waals surface area contributed by atoms with Crippen molar-refractivity contribution in [2.24, 2.45) is 4.99 Å². The van der Waals surface area contributed by atoms with Crippen molar-refractivity contribution in [3.8, 4) is 5.75 Å². The molecule has 1 aromatic carbocycles. The number of aliphatic imine (C=N–C) groups is 1. The fraction of sp³-hybridized carbons (Fsp3) is 0.588. The molecule has 0 fully saturated rings. The molecule has 21 heavy (non-hydrogen) atoms. The largest absolute Gasteiger partial charge is 0.497 e. The topological polar surface area (TPSA) is 45.7 Å². The van der Waals surface area contributed by atoms with Crippen LogP contribution in [0, 0.1) is 0 Å². The van der Waals surface area contributed by atoms with Crippen LogP contribution in [0.3, 0.4) is 0 Å². The summed E-state index contributed by atoms with van der Waals surface area (Å²) in [7, 11) is 3.49. The summed E-state index contributed by atoms with van der Waals surface area (Å²) in [6.07, 6.45) is 4.99. The molecule has 1 unspecified atom stereocenters. The Bertz CT molecular complexity index is 432. The highest BCUT2D eigenvalue weighted by Crippen LogP contribution is 2.12. The van der Waals surface area contributed by atoms with Crippen LogP contribution in [0.1, 0.15) is 45.1 Å². The Morgan fingerprint density at radius 3 is 2.81 bits per heavy atom. The van der Waals surface area contributed by atoms with Crippen molar-refractivity contribution in [3.05, 3.63) is 29.8 Å². The van der Waals surface area contributed by atoms with Gasteiger partial charge in [0, 0.05) is 19.6 Å². The van der Waals surface area contributed by atoms with Gasteiger partial charge in [-0.25, -0.2) is 0 Å². The van der Waals surface area contributed by atoms with E-state index in [-0.39, 0.29) is 0 Å². The van der Waals surface area contributed by atoms with E-state index < -0.39 is 0 Å². The van der Waals surface area contributed by atoms with Crippen LogP contribution in [-0.2, 0) is 6.54 Å². The number of methoxy groups -OCH3 is 1. The summed E-state index contributed by atoms with van der Waals surface area (Å²) in [6.45, 7) is 5.17. The number of guanidine groups is 1. The Morgan fingerprint density at radius 2 is 2.14 bits per heavy atom. The number of nitrogens with one attached hydrogen (secondary N) is 2. The van der Waals surface area contributed by atoms with Gasteiger partial charge in [0.05, 0.1) is 7.11 Å². The summed E-state index contributed by atoms with van der Waals surface area (Å²) < 4.78 is 5.23. The van der Waals surface area contributed by atoms with Gasteiger partial charge < -0.3 is 15.4 Å². The maximum absolute atomic E-state index is 5.23. The van der Waals surface area contributed by atoms with Gasteiger partial charge in [0.15, 0.2) is 5.96 Å². The zero-order valence-electron chi connectivity index (χ0n) is 13.8. The van der Waals surface area contributed by atoms with Crippen LogP contribution in [0.2, 0.25) is 0 Å². The highest BCUT2D eigenvalue weighted by atomic mass is 16.5. The van der Waals surface area contributed by atoms with E-state index in [1.807, 2.05) is 18.2 Å². The number of unbranched alkanes of at least 4 members (excludes halogenated alkanes) is 2. The highest BCUT2D eigenvalue weighted by Gasteiger charge is 2.05. The van der Waals surface area contributed by atoms with Crippen molar-refractivity contribution >= 4 is 5.96 Å². The minimum absolute atomic E-state index is 0.438. The van der Waals surface area contributed by atoms with Crippen LogP contribution in [0.4, 0.5) is 0 Å². The van der Waals surface area contributed by atoms with Crippen LogP contribution in [-0.4, -0.2) is 26.2 Å². The molecule has 0 aliphatic heterocycles. The van der Waals surface area contributed by atoms with Gasteiger partial charge in [-0.1, -0.05) is 38.3 Å². The molecule has 0 spiro atoms. The minimum Gasteiger partial charge on any atom is -0.497 e. The fourth-order valence-electron chi connectivity index (χ4n) is 2.17. The van der Waals surface area contributed by atoms with Crippen LogP contribution in [0.15, 0.2) is 29.3 Å². The van der Waals surface area contributed by atoms with Gasteiger partial charge in [-0.05, 0) is 31.0 Å². The molecule has 0 bridgehead atoms. The lowest BCUT2D eigenvalue weighted by atomic mass is 10.1. The van der Waals surface area contributed by atoms with E-state index in [1.54, 1.807) is 14.2 Å². The maximum atomic E-state index is 5.23. The quantitative estimate of drug-likeness (QED) is 0.439. The minimum atomic E-state index is 0.438. The first-order chi connectivity index (χ1) is 10.2. The van der Waals surface area contributed by atoms with E-state index in [2.05, 4.69) is 35.5 Å². The molecule has 0 amide bonds. The summed E-state index contributed by atoms with van der Waals surface area (Å²) in [4.78, 5) is 4.28. The predicted octanol–water partition coefficient (Wildman–Crippen LogP) is 3.33. The number of benzene rings is 1. The molecule has 118 valence electrons. The Balaban J connectivity index is 2.40. The molecule has 1 aromatic rings. The van der Waals surface area contributed by atoms with Crippen LogP contribution in [0.5, 0.6) is 5.75 Å². The van der Waals surface area contributed by atoms with Gasteiger partial charge in [0.25, 0.3) is 0 Å². The molecular weight excluding hydrogens is 262 g/mol. The molecule has 0 heterocycles. The summed E-state index contributed by atoms with van der Waals surface area (Å²) in [6, 6.07) is 8.50. The second kappa shape index (κ2) is 10.1. The van der Waals surface area contributed by atoms with Crippen LogP contribution < -0.4 is 15.4 Å². The third kappa shape index (κ3) is 7.02. The standard InChI is InChI=1S/C17H29N3O/c1-5-6-7-9-14(2)20-17(18-3)19-13-15-10-8-11-16(12-15)21-4/h8,10-12,14H,5-7,9,13H2,1-4H3,(H2,18,19,20). The zero-order valence-corrected chi connectivity index (χ0v) is 13.8. The normalized spacial score (nSPS) is 12.9. The highest BCUT2D eigenvalue weighted by molar-refractivity contribution is 5.79. The molecule has 4 nitrogen and oxygen atoms in total. The van der Waals surface area contributed by atoms with E-state index in [9.17, 15) is 0 Å². The number of hydrogen-bond acceptors (Lipinski definition) is 2. The molecular formula is C17H29N3O. The van der Waals surface area contributed by atoms with Gasteiger partial charge in [-0.3, -0.25) is 4.99 Å². The first-order valence-corrected chi connectivity index (χ1v) is 7.79. The van der Waals surface area contributed by atoms with Gasteiger partial charge in [0.2, 0.25) is 0 Å². The predicted molar refractivity (Wildman–Crippen MR) is 89.9 cm³/mol. The van der Waals surface area contributed by atoms with Gasteiger partial charge in [-0.15, -0.1) is 0 Å². The molecule has 2 N–H and O–H groups in total. The molecule has 1 rings (SSSR count). The van der Waals surface area contributed by atoms with E-state index in [0.29, 0.717) is 6.04 Å². The first-order valence-electron chi connectivity index (χ1n) is 7.79. The van der Waals surface area contributed by atoms with Crippen molar-refractivity contribution < 1.29 is 4.74 Å². The Morgan fingerprint density at radius 1 is 1.33 bits per heavy atom. The van der Waals surface area contributed by atoms with Gasteiger partial charge in [0.1, 0.15) is 5.75 Å².